The van der Waals surface area contributed by atoms with E-state index in [1.165, 1.54) is 11.1 Å². The summed E-state index contributed by atoms with van der Waals surface area (Å²) in [5, 5.41) is 7.87. The maximum Gasteiger partial charge on any atom is 0.0892 e. The lowest BCUT2D eigenvalue weighted by atomic mass is 10.0. The SMILES string of the molecule is C=C(C)CCC(NCC)c1cnn2ccncc12. The fraction of sp³-hybridized carbons (Fsp3) is 0.429. The van der Waals surface area contributed by atoms with Crippen LogP contribution >= 0.6 is 0 Å². The van der Waals surface area contributed by atoms with Gasteiger partial charge in [-0.15, -0.1) is 6.58 Å². The highest BCUT2D eigenvalue weighted by Gasteiger charge is 2.15. The molecule has 1 atom stereocenters. The van der Waals surface area contributed by atoms with Crippen LogP contribution in [-0.4, -0.2) is 21.1 Å². The van der Waals surface area contributed by atoms with E-state index in [4.69, 9.17) is 0 Å². The highest BCUT2D eigenvalue weighted by molar-refractivity contribution is 5.53. The first kappa shape index (κ1) is 12.8. The number of nitrogens with one attached hydrogen (secondary N) is 1. The van der Waals surface area contributed by atoms with Crippen molar-refractivity contribution in [2.24, 2.45) is 0 Å². The smallest absolute Gasteiger partial charge is 0.0892 e. The third kappa shape index (κ3) is 2.76. The molecule has 96 valence electrons. The van der Waals surface area contributed by atoms with Crippen LogP contribution in [0.3, 0.4) is 0 Å². The van der Waals surface area contributed by atoms with Gasteiger partial charge in [0, 0.05) is 24.0 Å². The van der Waals surface area contributed by atoms with E-state index in [-0.39, 0.29) is 0 Å². The number of hydrogen-bond donors (Lipinski definition) is 1. The summed E-state index contributed by atoms with van der Waals surface area (Å²) in [5.41, 5.74) is 3.50. The number of rotatable bonds is 6. The van der Waals surface area contributed by atoms with E-state index in [2.05, 4.69) is 35.8 Å². The molecule has 0 aromatic carbocycles. The first-order valence-electron chi connectivity index (χ1n) is 6.37. The third-order valence-corrected chi connectivity index (χ3v) is 3.04. The van der Waals surface area contributed by atoms with E-state index >= 15 is 0 Å². The largest absolute Gasteiger partial charge is 0.310 e. The molecule has 0 amide bonds. The van der Waals surface area contributed by atoms with Gasteiger partial charge in [-0.05, 0) is 26.3 Å². The van der Waals surface area contributed by atoms with E-state index in [0.29, 0.717) is 6.04 Å². The van der Waals surface area contributed by atoms with Gasteiger partial charge in [-0.25, -0.2) is 4.52 Å². The summed E-state index contributed by atoms with van der Waals surface area (Å²) in [6.45, 7) is 9.11. The Morgan fingerprint density at radius 3 is 3.06 bits per heavy atom. The lowest BCUT2D eigenvalue weighted by Crippen LogP contribution is -2.20. The van der Waals surface area contributed by atoms with Crippen LogP contribution in [0.25, 0.3) is 5.52 Å². The first-order valence-corrected chi connectivity index (χ1v) is 6.37. The Labute approximate surface area is 108 Å². The molecule has 0 bridgehead atoms. The molecule has 4 heteroatoms. The Hall–Kier alpha value is -1.68. The second-order valence-corrected chi connectivity index (χ2v) is 4.61. The van der Waals surface area contributed by atoms with Gasteiger partial charge in [0.15, 0.2) is 0 Å². The Bertz CT molecular complexity index is 529. The van der Waals surface area contributed by atoms with Crippen LogP contribution in [-0.2, 0) is 0 Å². The van der Waals surface area contributed by atoms with Crippen molar-refractivity contribution in [3.63, 3.8) is 0 Å². The Kier molecular flexibility index (Phi) is 4.10. The summed E-state index contributed by atoms with van der Waals surface area (Å²) in [5.74, 6) is 0. The maximum absolute atomic E-state index is 4.36. The van der Waals surface area contributed by atoms with Crippen LogP contribution < -0.4 is 5.32 Å². The molecule has 0 fully saturated rings. The van der Waals surface area contributed by atoms with Crippen LogP contribution in [0.5, 0.6) is 0 Å². The zero-order chi connectivity index (χ0) is 13.0. The molecule has 0 aliphatic rings. The second-order valence-electron chi connectivity index (χ2n) is 4.61. The Morgan fingerprint density at radius 1 is 1.50 bits per heavy atom. The molecule has 18 heavy (non-hydrogen) atoms. The summed E-state index contributed by atoms with van der Waals surface area (Å²) in [6, 6.07) is 0.313. The molecule has 0 aliphatic heterocycles. The van der Waals surface area contributed by atoms with E-state index in [1.54, 1.807) is 6.20 Å². The molecule has 1 unspecified atom stereocenters. The van der Waals surface area contributed by atoms with E-state index in [9.17, 15) is 0 Å². The van der Waals surface area contributed by atoms with Gasteiger partial charge in [0.25, 0.3) is 0 Å². The maximum atomic E-state index is 4.36. The molecule has 1 N–H and O–H groups in total. The standard InChI is InChI=1S/C14H20N4/c1-4-16-13(6-5-11(2)3)12-9-17-18-8-7-15-10-14(12)18/h7-10,13,16H,2,4-6H2,1,3H3. The second kappa shape index (κ2) is 5.78. The number of nitrogens with zero attached hydrogens (tertiary/aromatic N) is 3. The highest BCUT2D eigenvalue weighted by atomic mass is 15.2. The summed E-state index contributed by atoms with van der Waals surface area (Å²) in [7, 11) is 0. The van der Waals surface area contributed by atoms with Crippen molar-refractivity contribution < 1.29 is 0 Å². The van der Waals surface area contributed by atoms with Crippen molar-refractivity contribution in [1.29, 1.82) is 0 Å². The van der Waals surface area contributed by atoms with Gasteiger partial charge in [0.05, 0.1) is 17.9 Å². The van der Waals surface area contributed by atoms with Crippen molar-refractivity contribution in [2.75, 3.05) is 6.54 Å². The van der Waals surface area contributed by atoms with Gasteiger partial charge in [0.2, 0.25) is 0 Å². The van der Waals surface area contributed by atoms with Gasteiger partial charge in [-0.1, -0.05) is 12.5 Å². The molecule has 0 saturated carbocycles. The van der Waals surface area contributed by atoms with E-state index in [0.717, 1.165) is 24.9 Å². The molecular weight excluding hydrogens is 224 g/mol. The van der Waals surface area contributed by atoms with Crippen molar-refractivity contribution in [3.8, 4) is 0 Å². The quantitative estimate of drug-likeness (QED) is 0.794. The molecule has 0 radical (unpaired) electrons. The van der Waals surface area contributed by atoms with Crippen LogP contribution in [0, 0.1) is 0 Å². The minimum absolute atomic E-state index is 0.313. The molecule has 2 aromatic rings. The van der Waals surface area contributed by atoms with Crippen LogP contribution in [0.4, 0.5) is 0 Å². The lowest BCUT2D eigenvalue weighted by Gasteiger charge is -2.16. The molecule has 2 aromatic heterocycles. The molecule has 2 heterocycles. The molecular formula is C14H20N4. The Morgan fingerprint density at radius 2 is 2.33 bits per heavy atom. The topological polar surface area (TPSA) is 42.2 Å². The van der Waals surface area contributed by atoms with Gasteiger partial charge >= 0.3 is 0 Å². The van der Waals surface area contributed by atoms with Crippen molar-refractivity contribution in [1.82, 2.24) is 19.9 Å². The molecule has 0 spiro atoms. The molecule has 0 aliphatic carbocycles. The average molecular weight is 244 g/mol. The minimum atomic E-state index is 0.313. The predicted molar refractivity (Wildman–Crippen MR) is 73.5 cm³/mol. The fourth-order valence-electron chi connectivity index (χ4n) is 2.13. The normalized spacial score (nSPS) is 12.8. The summed E-state index contributed by atoms with van der Waals surface area (Å²) >= 11 is 0. The van der Waals surface area contributed by atoms with Gasteiger partial charge in [0.1, 0.15) is 0 Å². The Balaban J connectivity index is 2.26. The van der Waals surface area contributed by atoms with Crippen LogP contribution in [0.15, 0.2) is 36.9 Å². The third-order valence-electron chi connectivity index (χ3n) is 3.04. The summed E-state index contributed by atoms with van der Waals surface area (Å²) in [4.78, 5) is 4.18. The van der Waals surface area contributed by atoms with Crippen LogP contribution in [0.1, 0.15) is 38.3 Å². The zero-order valence-electron chi connectivity index (χ0n) is 11.1. The monoisotopic (exact) mass is 244 g/mol. The number of fused-ring (bicyclic) bond motifs is 1. The zero-order valence-corrected chi connectivity index (χ0v) is 11.1. The lowest BCUT2D eigenvalue weighted by molar-refractivity contribution is 0.517. The van der Waals surface area contributed by atoms with Gasteiger partial charge < -0.3 is 5.32 Å². The number of allylic oxidation sites excluding steroid dienone is 1. The number of aromatic nitrogens is 3. The first-order chi connectivity index (χ1) is 8.72. The predicted octanol–water partition coefficient (Wildman–Crippen LogP) is 2.74. The van der Waals surface area contributed by atoms with Gasteiger partial charge in [-0.3, -0.25) is 4.98 Å². The summed E-state index contributed by atoms with van der Waals surface area (Å²) < 4.78 is 1.87. The van der Waals surface area contributed by atoms with Crippen LogP contribution in [0.2, 0.25) is 0 Å². The van der Waals surface area contributed by atoms with Crippen molar-refractivity contribution >= 4 is 5.52 Å². The van der Waals surface area contributed by atoms with Crippen molar-refractivity contribution in [3.05, 3.63) is 42.5 Å². The summed E-state index contributed by atoms with van der Waals surface area (Å²) in [6.07, 6.45) is 9.49. The number of hydrogen-bond acceptors (Lipinski definition) is 3. The minimum Gasteiger partial charge on any atom is -0.310 e. The van der Waals surface area contributed by atoms with Gasteiger partial charge in [-0.2, -0.15) is 5.10 Å². The molecule has 0 saturated heterocycles. The fourth-order valence-corrected chi connectivity index (χ4v) is 2.13. The van der Waals surface area contributed by atoms with E-state index < -0.39 is 0 Å². The van der Waals surface area contributed by atoms with E-state index in [1.807, 2.05) is 23.1 Å². The highest BCUT2D eigenvalue weighted by Crippen LogP contribution is 2.23. The molecule has 4 nitrogen and oxygen atoms in total. The van der Waals surface area contributed by atoms with Crippen molar-refractivity contribution in [2.45, 2.75) is 32.7 Å². The molecule has 2 rings (SSSR count). The average Bonchev–Trinajstić information content (AvgIpc) is 2.78.